The van der Waals surface area contributed by atoms with E-state index in [0.717, 1.165) is 32.4 Å². The Bertz CT molecular complexity index is 489. The lowest BCUT2D eigenvalue weighted by Gasteiger charge is -2.33. The predicted octanol–water partition coefficient (Wildman–Crippen LogP) is 1.72. The summed E-state index contributed by atoms with van der Waals surface area (Å²) < 4.78 is 0. The third kappa shape index (κ3) is 4.83. The molecule has 0 aromatic carbocycles. The van der Waals surface area contributed by atoms with Gasteiger partial charge in [0.1, 0.15) is 0 Å². The molecule has 2 amide bonds. The number of amides is 2. The summed E-state index contributed by atoms with van der Waals surface area (Å²) in [6, 6.07) is 0. The zero-order valence-corrected chi connectivity index (χ0v) is 13.2. The first-order valence-corrected chi connectivity index (χ1v) is 7.94. The highest BCUT2D eigenvalue weighted by molar-refractivity contribution is 5.76. The maximum absolute atomic E-state index is 12.3. The van der Waals surface area contributed by atoms with Crippen molar-refractivity contribution in [1.82, 2.24) is 10.2 Å². The van der Waals surface area contributed by atoms with Crippen LogP contribution in [0.4, 0.5) is 0 Å². The highest BCUT2D eigenvalue weighted by Crippen LogP contribution is 2.37. The van der Waals surface area contributed by atoms with E-state index in [2.05, 4.69) is 21.5 Å². The van der Waals surface area contributed by atoms with Gasteiger partial charge in [-0.1, -0.05) is 0 Å². The highest BCUT2D eigenvalue weighted by Gasteiger charge is 2.39. The van der Waals surface area contributed by atoms with Gasteiger partial charge in [-0.25, -0.2) is 0 Å². The zero-order valence-electron chi connectivity index (χ0n) is 13.2. The topological polar surface area (TPSA) is 74.1 Å². The molecule has 2 aliphatic heterocycles. The van der Waals surface area contributed by atoms with Gasteiger partial charge < -0.3 is 10.2 Å². The van der Waals surface area contributed by atoms with E-state index in [1.54, 1.807) is 0 Å². The van der Waals surface area contributed by atoms with Crippen molar-refractivity contribution >= 4 is 11.8 Å². The molecule has 1 fully saturated rings. The Morgan fingerprint density at radius 1 is 1.41 bits per heavy atom. The lowest BCUT2D eigenvalue weighted by atomic mass is 9.96. The molecule has 1 atom stereocenters. The molecule has 0 aliphatic carbocycles. The second-order valence-electron chi connectivity index (χ2n) is 6.17. The summed E-state index contributed by atoms with van der Waals surface area (Å²) in [5.41, 5.74) is -0.382. The van der Waals surface area contributed by atoms with Gasteiger partial charge in [0.05, 0.1) is 0 Å². The van der Waals surface area contributed by atoms with Gasteiger partial charge in [-0.15, -0.1) is 12.3 Å². The average molecular weight is 304 g/mol. The van der Waals surface area contributed by atoms with Crippen LogP contribution in [0, 0.1) is 18.3 Å². The monoisotopic (exact) mass is 304 g/mol. The number of carbonyl (C=O) groups excluding carboxylic acids is 2. The molecule has 1 unspecified atom stereocenters. The van der Waals surface area contributed by atoms with E-state index in [0.29, 0.717) is 31.7 Å². The van der Waals surface area contributed by atoms with Crippen molar-refractivity contribution in [3.05, 3.63) is 0 Å². The van der Waals surface area contributed by atoms with Crippen LogP contribution in [0.3, 0.4) is 0 Å². The molecule has 6 heteroatoms. The third-order valence-electron chi connectivity index (χ3n) is 4.30. The van der Waals surface area contributed by atoms with Crippen LogP contribution in [0.25, 0.3) is 0 Å². The Morgan fingerprint density at radius 3 is 2.82 bits per heavy atom. The maximum Gasteiger partial charge on any atom is 0.222 e. The molecule has 0 aromatic rings. The van der Waals surface area contributed by atoms with Gasteiger partial charge >= 0.3 is 0 Å². The summed E-state index contributed by atoms with van der Waals surface area (Å²) in [7, 11) is 0. The van der Waals surface area contributed by atoms with Crippen molar-refractivity contribution in [2.24, 2.45) is 16.1 Å². The lowest BCUT2D eigenvalue weighted by Crippen LogP contribution is -2.43. The van der Waals surface area contributed by atoms with E-state index < -0.39 is 0 Å². The summed E-state index contributed by atoms with van der Waals surface area (Å²) >= 11 is 0. The predicted molar refractivity (Wildman–Crippen MR) is 82.9 cm³/mol. The number of hydrogen-bond donors (Lipinski definition) is 1. The van der Waals surface area contributed by atoms with Crippen LogP contribution in [0.15, 0.2) is 10.2 Å². The summed E-state index contributed by atoms with van der Waals surface area (Å²) in [5, 5.41) is 11.0. The SMILES string of the molecule is C#CCCC1(CCC(=O)N2CCCC(CNC(C)=O)C2)N=N1. The van der Waals surface area contributed by atoms with Crippen molar-refractivity contribution in [1.29, 1.82) is 0 Å². The molecule has 2 rings (SSSR count). The number of hydrogen-bond acceptors (Lipinski definition) is 4. The highest BCUT2D eigenvalue weighted by atomic mass is 16.2. The maximum atomic E-state index is 12.3. The van der Waals surface area contributed by atoms with Gasteiger partial charge in [0.2, 0.25) is 11.8 Å². The van der Waals surface area contributed by atoms with Crippen LogP contribution in [0.5, 0.6) is 0 Å². The Kier molecular flexibility index (Phi) is 5.53. The second-order valence-corrected chi connectivity index (χ2v) is 6.17. The minimum absolute atomic E-state index is 0.0177. The fraction of sp³-hybridized carbons (Fsp3) is 0.750. The van der Waals surface area contributed by atoms with E-state index in [1.807, 2.05) is 4.90 Å². The number of nitrogens with one attached hydrogen (secondary N) is 1. The van der Waals surface area contributed by atoms with E-state index >= 15 is 0 Å². The van der Waals surface area contributed by atoms with E-state index in [9.17, 15) is 9.59 Å². The summed E-state index contributed by atoms with van der Waals surface area (Å²) in [4.78, 5) is 25.2. The van der Waals surface area contributed by atoms with Crippen LogP contribution >= 0.6 is 0 Å². The molecule has 6 nitrogen and oxygen atoms in total. The summed E-state index contributed by atoms with van der Waals surface area (Å²) in [6.45, 7) is 3.70. The fourth-order valence-electron chi connectivity index (χ4n) is 2.88. The Morgan fingerprint density at radius 2 is 2.18 bits per heavy atom. The van der Waals surface area contributed by atoms with Gasteiger partial charge in [0.15, 0.2) is 5.66 Å². The molecule has 1 saturated heterocycles. The van der Waals surface area contributed by atoms with E-state index in [4.69, 9.17) is 6.42 Å². The van der Waals surface area contributed by atoms with Crippen LogP contribution in [0.2, 0.25) is 0 Å². The Balaban J connectivity index is 1.73. The molecular weight excluding hydrogens is 280 g/mol. The lowest BCUT2D eigenvalue weighted by molar-refractivity contribution is -0.133. The number of likely N-dealkylation sites (tertiary alicyclic amines) is 1. The molecule has 1 N–H and O–H groups in total. The number of nitrogens with zero attached hydrogens (tertiary/aromatic N) is 3. The fourth-order valence-corrected chi connectivity index (χ4v) is 2.88. The Labute approximate surface area is 131 Å². The quantitative estimate of drug-likeness (QED) is 0.727. The standard InChI is InChI=1S/C16H24N4O2/c1-3-4-8-16(18-19-16)9-7-15(22)20-10-5-6-14(12-20)11-17-13(2)21/h1,14H,4-12H2,2H3,(H,17,21). The molecule has 2 aliphatic rings. The molecular formula is C16H24N4O2. The first-order chi connectivity index (χ1) is 10.5. The van der Waals surface area contributed by atoms with Crippen molar-refractivity contribution < 1.29 is 9.59 Å². The van der Waals surface area contributed by atoms with E-state index in [-0.39, 0.29) is 17.5 Å². The molecule has 22 heavy (non-hydrogen) atoms. The normalized spacial score (nSPS) is 22.0. The average Bonchev–Trinajstić information content (AvgIpc) is 3.29. The second kappa shape index (κ2) is 7.39. The number of terminal acetylenes is 1. The van der Waals surface area contributed by atoms with E-state index in [1.165, 1.54) is 6.92 Å². The minimum atomic E-state index is -0.382. The van der Waals surface area contributed by atoms with Gasteiger partial charge in [-0.3, -0.25) is 9.59 Å². The van der Waals surface area contributed by atoms with Gasteiger partial charge in [-0.2, -0.15) is 10.2 Å². The molecule has 0 saturated carbocycles. The number of rotatable bonds is 7. The zero-order chi connectivity index (χ0) is 16.0. The van der Waals surface area contributed by atoms with Crippen LogP contribution in [-0.4, -0.2) is 42.0 Å². The summed E-state index contributed by atoms with van der Waals surface area (Å²) in [6.07, 6.45) is 9.81. The minimum Gasteiger partial charge on any atom is -0.356 e. The molecule has 0 spiro atoms. The van der Waals surface area contributed by atoms with Crippen molar-refractivity contribution in [3.8, 4) is 12.3 Å². The van der Waals surface area contributed by atoms with Gasteiger partial charge in [0, 0.05) is 52.2 Å². The largest absolute Gasteiger partial charge is 0.356 e. The number of piperidine rings is 1. The van der Waals surface area contributed by atoms with Crippen LogP contribution < -0.4 is 5.32 Å². The van der Waals surface area contributed by atoms with Crippen molar-refractivity contribution in [2.75, 3.05) is 19.6 Å². The first-order valence-electron chi connectivity index (χ1n) is 7.94. The summed E-state index contributed by atoms with van der Waals surface area (Å²) in [5.74, 6) is 3.09. The molecule has 2 heterocycles. The van der Waals surface area contributed by atoms with Crippen molar-refractivity contribution in [2.45, 2.75) is 51.1 Å². The van der Waals surface area contributed by atoms with Gasteiger partial charge in [0.25, 0.3) is 0 Å². The molecule has 0 bridgehead atoms. The molecule has 0 aromatic heterocycles. The first kappa shape index (κ1) is 16.5. The van der Waals surface area contributed by atoms with Crippen LogP contribution in [-0.2, 0) is 9.59 Å². The van der Waals surface area contributed by atoms with Gasteiger partial charge in [-0.05, 0) is 18.8 Å². The number of carbonyl (C=O) groups is 2. The van der Waals surface area contributed by atoms with Crippen molar-refractivity contribution in [3.63, 3.8) is 0 Å². The third-order valence-corrected chi connectivity index (χ3v) is 4.30. The Hall–Kier alpha value is -1.90. The smallest absolute Gasteiger partial charge is 0.222 e. The van der Waals surface area contributed by atoms with Crippen LogP contribution in [0.1, 0.15) is 45.4 Å². The molecule has 0 radical (unpaired) electrons. The molecule has 120 valence electrons.